The molecule has 0 aliphatic rings. The smallest absolute Gasteiger partial charge is 0.249 e. The molecule has 1 atom stereocenters. The van der Waals surface area contributed by atoms with Crippen molar-refractivity contribution in [2.24, 2.45) is 0 Å². The number of amides is 1. The lowest BCUT2D eigenvalue weighted by atomic mass is 10.2. The molecule has 142 valence electrons. The van der Waals surface area contributed by atoms with Gasteiger partial charge in [0.15, 0.2) is 4.34 Å². The maximum atomic E-state index is 12.6. The highest BCUT2D eigenvalue weighted by atomic mass is 32.2. The van der Waals surface area contributed by atoms with Crippen LogP contribution < -0.4 is 9.62 Å². The molecule has 0 aliphatic carbocycles. The Morgan fingerprint density at radius 1 is 1.27 bits per heavy atom. The van der Waals surface area contributed by atoms with E-state index in [9.17, 15) is 13.2 Å². The van der Waals surface area contributed by atoms with Gasteiger partial charge in [0.2, 0.25) is 21.1 Å². The summed E-state index contributed by atoms with van der Waals surface area (Å²) in [5.74, 6) is -0.464. The topological polar surface area (TPSA) is 92.3 Å². The molecule has 7 nitrogen and oxygen atoms in total. The predicted molar refractivity (Wildman–Crippen MR) is 107 cm³/mol. The van der Waals surface area contributed by atoms with Crippen LogP contribution in [-0.2, 0) is 14.8 Å². The van der Waals surface area contributed by atoms with E-state index in [0.29, 0.717) is 16.1 Å². The third-order valence-electron chi connectivity index (χ3n) is 3.32. The molecular weight excluding hydrogens is 392 g/mol. The number of thioether (sulfide) groups is 1. The Kier molecular flexibility index (Phi) is 6.64. The number of aromatic nitrogens is 2. The molecule has 0 saturated heterocycles. The zero-order valence-electron chi connectivity index (χ0n) is 15.3. The molecule has 0 saturated carbocycles. The number of nitrogens with zero attached hydrogens (tertiary/aromatic N) is 3. The fourth-order valence-electron chi connectivity index (χ4n) is 2.29. The van der Waals surface area contributed by atoms with Gasteiger partial charge < -0.3 is 0 Å². The van der Waals surface area contributed by atoms with Crippen molar-refractivity contribution in [1.82, 2.24) is 10.2 Å². The number of carbonyl (C=O) groups excluding carboxylic acids is 1. The van der Waals surface area contributed by atoms with Crippen molar-refractivity contribution in [1.29, 1.82) is 0 Å². The number of anilines is 2. The Hall–Kier alpha value is -1.65. The van der Waals surface area contributed by atoms with E-state index in [4.69, 9.17) is 0 Å². The van der Waals surface area contributed by atoms with E-state index in [0.717, 1.165) is 20.5 Å². The highest BCUT2D eigenvalue weighted by molar-refractivity contribution is 8.01. The van der Waals surface area contributed by atoms with Gasteiger partial charge in [0, 0.05) is 5.25 Å². The Labute approximate surface area is 162 Å². The number of hydrogen-bond donors (Lipinski definition) is 1. The van der Waals surface area contributed by atoms with Gasteiger partial charge in [-0.25, -0.2) is 8.42 Å². The summed E-state index contributed by atoms with van der Waals surface area (Å²) in [6.07, 6.45) is 1.08. The maximum absolute atomic E-state index is 12.6. The first-order valence-corrected chi connectivity index (χ1v) is 11.5. The third-order valence-corrected chi connectivity index (χ3v) is 6.49. The van der Waals surface area contributed by atoms with Crippen LogP contribution in [0.4, 0.5) is 10.8 Å². The second-order valence-corrected chi connectivity index (χ2v) is 10.8. The summed E-state index contributed by atoms with van der Waals surface area (Å²) in [5, 5.41) is 11.3. The van der Waals surface area contributed by atoms with Crippen LogP contribution in [0.2, 0.25) is 0 Å². The second kappa shape index (κ2) is 8.36. The first-order valence-electron chi connectivity index (χ1n) is 7.95. The summed E-state index contributed by atoms with van der Waals surface area (Å²) in [4.78, 5) is 12.6. The van der Waals surface area contributed by atoms with Crippen LogP contribution in [0.3, 0.4) is 0 Å². The van der Waals surface area contributed by atoms with Crippen LogP contribution in [0.25, 0.3) is 0 Å². The van der Waals surface area contributed by atoms with Gasteiger partial charge in [-0.15, -0.1) is 10.2 Å². The van der Waals surface area contributed by atoms with Crippen molar-refractivity contribution in [3.8, 4) is 0 Å². The number of carbonyl (C=O) groups is 1. The molecule has 26 heavy (non-hydrogen) atoms. The summed E-state index contributed by atoms with van der Waals surface area (Å²) in [5.41, 5.74) is 1.35. The van der Waals surface area contributed by atoms with Gasteiger partial charge in [-0.1, -0.05) is 49.1 Å². The lowest BCUT2D eigenvalue weighted by molar-refractivity contribution is -0.116. The largest absolute Gasteiger partial charge is 0.299 e. The van der Waals surface area contributed by atoms with Crippen molar-refractivity contribution in [2.45, 2.75) is 43.3 Å². The summed E-state index contributed by atoms with van der Waals surface area (Å²) in [7, 11) is -3.65. The molecular formula is C16H22N4O3S3. The Morgan fingerprint density at radius 2 is 1.96 bits per heavy atom. The quantitative estimate of drug-likeness (QED) is 0.553. The zero-order valence-corrected chi connectivity index (χ0v) is 17.7. The minimum Gasteiger partial charge on any atom is -0.299 e. The predicted octanol–water partition coefficient (Wildman–Crippen LogP) is 3.14. The highest BCUT2D eigenvalue weighted by Crippen LogP contribution is 2.29. The van der Waals surface area contributed by atoms with Crippen molar-refractivity contribution in [2.75, 3.05) is 15.9 Å². The van der Waals surface area contributed by atoms with Crippen LogP contribution in [-0.4, -0.2) is 42.1 Å². The highest BCUT2D eigenvalue weighted by Gasteiger charge is 2.29. The van der Waals surface area contributed by atoms with Gasteiger partial charge in [-0.2, -0.15) is 0 Å². The van der Waals surface area contributed by atoms with Crippen molar-refractivity contribution >= 4 is 49.8 Å². The number of rotatable bonds is 7. The van der Waals surface area contributed by atoms with Gasteiger partial charge >= 0.3 is 0 Å². The van der Waals surface area contributed by atoms with E-state index in [1.807, 2.05) is 26.8 Å². The lowest BCUT2D eigenvalue weighted by Crippen LogP contribution is -2.45. The molecule has 0 fully saturated rings. The second-order valence-electron chi connectivity index (χ2n) is 6.10. The SMILES string of the molecule is Cc1cccc(N([C@H](C)C(=O)Nc2nnc(SC(C)C)s2)S(C)(=O)=O)c1. The fraction of sp³-hybridized carbons (Fsp3) is 0.438. The molecule has 2 aromatic rings. The third kappa shape index (κ3) is 5.42. The van der Waals surface area contributed by atoms with Crippen LogP contribution in [0.1, 0.15) is 26.3 Å². The Morgan fingerprint density at radius 3 is 2.54 bits per heavy atom. The molecule has 0 spiro atoms. The minimum absolute atomic E-state index is 0.350. The molecule has 1 aromatic heterocycles. The van der Waals surface area contributed by atoms with Gasteiger partial charge in [0.1, 0.15) is 6.04 Å². The summed E-state index contributed by atoms with van der Waals surface area (Å²) < 4.78 is 26.4. The monoisotopic (exact) mass is 414 g/mol. The van der Waals surface area contributed by atoms with Gasteiger partial charge in [0.05, 0.1) is 11.9 Å². The molecule has 0 radical (unpaired) electrons. The van der Waals surface area contributed by atoms with Crippen LogP contribution >= 0.6 is 23.1 Å². The van der Waals surface area contributed by atoms with E-state index in [1.54, 1.807) is 36.9 Å². The van der Waals surface area contributed by atoms with Gasteiger partial charge in [-0.05, 0) is 31.5 Å². The summed E-state index contributed by atoms with van der Waals surface area (Å²) >= 11 is 2.82. The van der Waals surface area contributed by atoms with Crippen LogP contribution in [0.15, 0.2) is 28.6 Å². The number of hydrogen-bond acceptors (Lipinski definition) is 7. The van der Waals surface area contributed by atoms with E-state index in [1.165, 1.54) is 11.3 Å². The van der Waals surface area contributed by atoms with Crippen molar-refractivity contribution < 1.29 is 13.2 Å². The van der Waals surface area contributed by atoms with Crippen molar-refractivity contribution in [3.05, 3.63) is 29.8 Å². The standard InChI is InChI=1S/C16H22N4O3S3/c1-10(2)24-16-19-18-15(25-16)17-14(21)12(4)20(26(5,22)23)13-8-6-7-11(3)9-13/h6-10,12H,1-5H3,(H,17,18,21)/t12-/m1/s1. The molecule has 0 bridgehead atoms. The molecule has 1 heterocycles. The average Bonchev–Trinajstić information content (AvgIpc) is 2.92. The average molecular weight is 415 g/mol. The molecule has 2 rings (SSSR count). The fourth-order valence-corrected chi connectivity index (χ4v) is 5.44. The first kappa shape index (κ1) is 20.7. The lowest BCUT2D eigenvalue weighted by Gasteiger charge is -2.28. The summed E-state index contributed by atoms with van der Waals surface area (Å²) in [6.45, 7) is 7.49. The normalized spacial score (nSPS) is 12.8. The Bertz CT molecular complexity index is 880. The molecule has 0 aliphatic heterocycles. The molecule has 1 N–H and O–H groups in total. The van der Waals surface area contributed by atoms with E-state index >= 15 is 0 Å². The van der Waals surface area contributed by atoms with Gasteiger partial charge in [0.25, 0.3) is 0 Å². The number of nitrogens with one attached hydrogen (secondary N) is 1. The molecule has 10 heteroatoms. The first-order chi connectivity index (χ1) is 12.1. The Balaban J connectivity index is 2.21. The number of benzene rings is 1. The molecule has 0 unspecified atom stereocenters. The summed E-state index contributed by atoms with van der Waals surface area (Å²) in [6, 6.07) is 6.09. The minimum atomic E-state index is -3.65. The van der Waals surface area contributed by atoms with Crippen molar-refractivity contribution in [3.63, 3.8) is 0 Å². The number of aryl methyl sites for hydroxylation is 1. The number of sulfonamides is 1. The van der Waals surface area contributed by atoms with E-state index < -0.39 is 22.0 Å². The zero-order chi connectivity index (χ0) is 19.5. The van der Waals surface area contributed by atoms with E-state index in [-0.39, 0.29) is 0 Å². The maximum Gasteiger partial charge on any atom is 0.249 e. The van der Waals surface area contributed by atoms with Gasteiger partial charge in [-0.3, -0.25) is 14.4 Å². The molecule has 1 aromatic carbocycles. The van der Waals surface area contributed by atoms with E-state index in [2.05, 4.69) is 15.5 Å². The van der Waals surface area contributed by atoms with Crippen LogP contribution in [0, 0.1) is 6.92 Å². The molecule has 1 amide bonds. The van der Waals surface area contributed by atoms with Crippen LogP contribution in [0.5, 0.6) is 0 Å².